The van der Waals surface area contributed by atoms with E-state index in [1.165, 1.54) is 0 Å². The monoisotopic (exact) mass is 460 g/mol. The van der Waals surface area contributed by atoms with Crippen molar-refractivity contribution in [2.24, 2.45) is 0 Å². The van der Waals surface area contributed by atoms with Crippen LogP contribution >= 0.6 is 15.9 Å². The lowest BCUT2D eigenvalue weighted by molar-refractivity contribution is -0.127. The highest BCUT2D eigenvalue weighted by Crippen LogP contribution is 2.26. The molecule has 1 atom stereocenters. The predicted molar refractivity (Wildman–Crippen MR) is 109 cm³/mol. The number of hydrogen-bond donors (Lipinski definition) is 1. The summed E-state index contributed by atoms with van der Waals surface area (Å²) in [6.45, 7) is -0.234. The van der Waals surface area contributed by atoms with Crippen LogP contribution in [0.25, 0.3) is 0 Å². The van der Waals surface area contributed by atoms with Gasteiger partial charge in [0.2, 0.25) is 5.91 Å². The number of nitrogens with one attached hydrogen (secondary N) is 1. The molecule has 0 aliphatic carbocycles. The van der Waals surface area contributed by atoms with E-state index in [1.54, 1.807) is 7.11 Å². The van der Waals surface area contributed by atoms with Gasteiger partial charge in [-0.15, -0.1) is 0 Å². The Labute approximate surface area is 177 Å². The Morgan fingerprint density at radius 1 is 1.24 bits per heavy atom. The van der Waals surface area contributed by atoms with Crippen LogP contribution in [0.1, 0.15) is 23.6 Å². The minimum atomic E-state index is -0.687. The van der Waals surface area contributed by atoms with Gasteiger partial charge >= 0.3 is 6.09 Å². The summed E-state index contributed by atoms with van der Waals surface area (Å²) in [5, 5.41) is 2.93. The van der Waals surface area contributed by atoms with Gasteiger partial charge < -0.3 is 14.8 Å². The largest absolute Gasteiger partial charge is 0.496 e. The summed E-state index contributed by atoms with van der Waals surface area (Å²) in [6, 6.07) is 14.4. The summed E-state index contributed by atoms with van der Waals surface area (Å²) in [7, 11) is 1.60. The second-order valence-corrected chi connectivity index (χ2v) is 7.41. The van der Waals surface area contributed by atoms with Gasteiger partial charge in [0.05, 0.1) is 24.2 Å². The van der Waals surface area contributed by atoms with Crippen molar-refractivity contribution in [1.29, 1.82) is 0 Å². The first-order valence-corrected chi connectivity index (χ1v) is 9.91. The van der Waals surface area contributed by atoms with Gasteiger partial charge in [-0.1, -0.05) is 36.4 Å². The zero-order valence-electron chi connectivity index (χ0n) is 15.9. The summed E-state index contributed by atoms with van der Waals surface area (Å²) >= 11 is 3.44. The molecule has 0 radical (unpaired) electrons. The topological polar surface area (TPSA) is 84.9 Å². The van der Waals surface area contributed by atoms with Crippen LogP contribution in [0, 0.1) is 0 Å². The summed E-state index contributed by atoms with van der Waals surface area (Å²) in [5.74, 6) is 0.142. The molecule has 1 N–H and O–H groups in total. The number of imide groups is 1. The van der Waals surface area contributed by atoms with Crippen LogP contribution in [0.5, 0.6) is 5.75 Å². The number of ether oxygens (including phenoxy) is 2. The molecule has 8 heteroatoms. The average molecular weight is 461 g/mol. The van der Waals surface area contributed by atoms with Crippen LogP contribution in [0.4, 0.5) is 4.79 Å². The average Bonchev–Trinajstić information content (AvgIpc) is 3.04. The maximum atomic E-state index is 12.6. The van der Waals surface area contributed by atoms with Gasteiger partial charge in [0.25, 0.3) is 5.91 Å². The Kier molecular flexibility index (Phi) is 6.87. The van der Waals surface area contributed by atoms with E-state index >= 15 is 0 Å². The number of carbonyl (C=O) groups is 3. The summed E-state index contributed by atoms with van der Waals surface area (Å²) in [4.78, 5) is 37.3. The van der Waals surface area contributed by atoms with Crippen LogP contribution < -0.4 is 10.1 Å². The third kappa shape index (κ3) is 5.35. The van der Waals surface area contributed by atoms with E-state index in [-0.39, 0.29) is 25.5 Å². The lowest BCUT2D eigenvalue weighted by Crippen LogP contribution is -2.40. The van der Waals surface area contributed by atoms with Crippen molar-refractivity contribution in [3.05, 3.63) is 64.1 Å². The molecular weight excluding hydrogens is 440 g/mol. The van der Waals surface area contributed by atoms with E-state index in [0.717, 1.165) is 26.2 Å². The molecule has 0 bridgehead atoms. The van der Waals surface area contributed by atoms with Crippen molar-refractivity contribution < 1.29 is 23.9 Å². The maximum Gasteiger partial charge on any atom is 0.417 e. The molecule has 29 heavy (non-hydrogen) atoms. The Morgan fingerprint density at radius 2 is 2.00 bits per heavy atom. The molecule has 1 saturated heterocycles. The number of nitrogens with zero attached hydrogens (tertiary/aromatic N) is 1. The summed E-state index contributed by atoms with van der Waals surface area (Å²) in [6.07, 6.45) is 0.120. The number of aryl methyl sites for hydroxylation is 1. The number of methoxy groups -OCH3 is 1. The SMILES string of the molecule is COc1ccc(CCC(=O)NC(CN2C(=O)COC2=O)c2ccccc2)cc1Br. The molecular formula is C21H21BrN2O5. The number of benzene rings is 2. The number of carbonyl (C=O) groups excluding carboxylic acids is 3. The fourth-order valence-corrected chi connectivity index (χ4v) is 3.64. The fraction of sp³-hybridized carbons (Fsp3) is 0.286. The Balaban J connectivity index is 1.65. The number of amides is 3. The molecule has 3 amide bonds. The predicted octanol–water partition coefficient (Wildman–Crippen LogP) is 3.23. The molecule has 1 fully saturated rings. The summed E-state index contributed by atoms with van der Waals surface area (Å²) < 4.78 is 10.8. The van der Waals surface area contributed by atoms with Gasteiger partial charge in [-0.2, -0.15) is 0 Å². The minimum Gasteiger partial charge on any atom is -0.496 e. The van der Waals surface area contributed by atoms with E-state index in [2.05, 4.69) is 21.2 Å². The minimum absolute atomic E-state index is 0.0293. The molecule has 0 spiro atoms. The molecule has 0 aromatic heterocycles. The van der Waals surface area contributed by atoms with Crippen molar-refractivity contribution in [2.45, 2.75) is 18.9 Å². The van der Waals surface area contributed by atoms with E-state index in [0.29, 0.717) is 6.42 Å². The third-order valence-corrected chi connectivity index (χ3v) is 5.22. The van der Waals surface area contributed by atoms with Gasteiger partial charge in [-0.3, -0.25) is 9.59 Å². The number of rotatable bonds is 8. The molecule has 1 aliphatic heterocycles. The number of cyclic esters (lactones) is 1. The molecule has 0 saturated carbocycles. The van der Waals surface area contributed by atoms with Crippen molar-refractivity contribution >= 4 is 33.8 Å². The molecule has 1 heterocycles. The van der Waals surface area contributed by atoms with Gasteiger partial charge in [-0.25, -0.2) is 9.69 Å². The highest BCUT2D eigenvalue weighted by Gasteiger charge is 2.33. The number of hydrogen-bond acceptors (Lipinski definition) is 5. The summed E-state index contributed by atoms with van der Waals surface area (Å²) in [5.41, 5.74) is 1.79. The molecule has 3 rings (SSSR count). The Hall–Kier alpha value is -2.87. The highest BCUT2D eigenvalue weighted by molar-refractivity contribution is 9.10. The quantitative estimate of drug-likeness (QED) is 0.653. The molecule has 2 aromatic carbocycles. The van der Waals surface area contributed by atoms with Crippen molar-refractivity contribution in [3.8, 4) is 5.75 Å². The first-order valence-electron chi connectivity index (χ1n) is 9.11. The van der Waals surface area contributed by atoms with E-state index < -0.39 is 18.0 Å². The van der Waals surface area contributed by atoms with Gasteiger partial charge in [0.15, 0.2) is 6.61 Å². The lowest BCUT2D eigenvalue weighted by Gasteiger charge is -2.23. The van der Waals surface area contributed by atoms with Crippen LogP contribution in [-0.4, -0.2) is 43.1 Å². The molecule has 1 aliphatic rings. The number of halogens is 1. The molecule has 152 valence electrons. The third-order valence-electron chi connectivity index (χ3n) is 4.60. The van der Waals surface area contributed by atoms with Gasteiger partial charge in [-0.05, 0) is 45.6 Å². The second-order valence-electron chi connectivity index (χ2n) is 6.56. The van der Waals surface area contributed by atoms with Crippen molar-refractivity contribution in [3.63, 3.8) is 0 Å². The molecule has 7 nitrogen and oxygen atoms in total. The lowest BCUT2D eigenvalue weighted by atomic mass is 10.1. The van der Waals surface area contributed by atoms with Crippen molar-refractivity contribution in [2.75, 3.05) is 20.3 Å². The van der Waals surface area contributed by atoms with Crippen molar-refractivity contribution in [1.82, 2.24) is 10.2 Å². The van der Waals surface area contributed by atoms with E-state index in [4.69, 9.17) is 9.47 Å². The van der Waals surface area contributed by atoms with Gasteiger partial charge in [0, 0.05) is 6.42 Å². The maximum absolute atomic E-state index is 12.6. The van der Waals surface area contributed by atoms with Crippen LogP contribution in [0.15, 0.2) is 53.0 Å². The first-order chi connectivity index (χ1) is 14.0. The molecule has 1 unspecified atom stereocenters. The highest BCUT2D eigenvalue weighted by atomic mass is 79.9. The second kappa shape index (κ2) is 9.56. The Bertz CT molecular complexity index is 887. The van der Waals surface area contributed by atoms with Gasteiger partial charge in [0.1, 0.15) is 5.75 Å². The van der Waals surface area contributed by atoms with Crippen LogP contribution in [0.2, 0.25) is 0 Å². The standard InChI is InChI=1S/C21H21BrN2O5/c1-28-18-9-7-14(11-16(18)22)8-10-19(25)23-17(15-5-3-2-4-6-15)12-24-20(26)13-29-21(24)27/h2-7,9,11,17H,8,10,12-13H2,1H3,(H,23,25). The fourth-order valence-electron chi connectivity index (χ4n) is 3.05. The van der Waals surface area contributed by atoms with Crippen LogP contribution in [-0.2, 0) is 20.7 Å². The van der Waals surface area contributed by atoms with Crippen LogP contribution in [0.3, 0.4) is 0 Å². The van der Waals surface area contributed by atoms with E-state index in [1.807, 2.05) is 48.5 Å². The zero-order valence-corrected chi connectivity index (χ0v) is 17.5. The first kappa shape index (κ1) is 20.9. The zero-order chi connectivity index (χ0) is 20.8. The van der Waals surface area contributed by atoms with E-state index in [9.17, 15) is 14.4 Å². The Morgan fingerprint density at radius 3 is 2.62 bits per heavy atom. The normalized spacial score (nSPS) is 14.5. The smallest absolute Gasteiger partial charge is 0.417 e. The molecule has 2 aromatic rings.